The van der Waals surface area contributed by atoms with Gasteiger partial charge in [-0.15, -0.1) is 0 Å². The summed E-state index contributed by atoms with van der Waals surface area (Å²) in [7, 11) is 1.87. The second kappa shape index (κ2) is 6.18. The average molecular weight is 336 g/mol. The van der Waals surface area contributed by atoms with Crippen molar-refractivity contribution in [1.29, 1.82) is 0 Å². The van der Waals surface area contributed by atoms with Crippen LogP contribution in [-0.2, 0) is 7.05 Å². The van der Waals surface area contributed by atoms with Gasteiger partial charge in [0, 0.05) is 45.1 Å². The lowest BCUT2D eigenvalue weighted by Gasteiger charge is -2.30. The maximum absolute atomic E-state index is 11.9. The van der Waals surface area contributed by atoms with Crippen LogP contribution in [0.4, 0.5) is 5.69 Å². The third-order valence-corrected chi connectivity index (χ3v) is 4.60. The molecular weight excluding hydrogens is 316 g/mol. The number of amides is 1. The molecule has 0 bridgehead atoms. The van der Waals surface area contributed by atoms with Crippen LogP contribution in [0.25, 0.3) is 22.3 Å². The van der Waals surface area contributed by atoms with Gasteiger partial charge in [0.15, 0.2) is 0 Å². The van der Waals surface area contributed by atoms with Crippen LogP contribution in [0.1, 0.15) is 10.4 Å². The molecule has 0 spiro atoms. The Bertz CT molecular complexity index is 928. The first kappa shape index (κ1) is 15.6. The molecule has 3 N–H and O–H groups in total. The Labute approximate surface area is 145 Å². The zero-order valence-electron chi connectivity index (χ0n) is 14.1. The number of rotatable bonds is 3. The SMILES string of the molecule is Cn1nc2c(C(N)=O)ccc(N3CCNCC3)c2c1-c1ccccn1. The number of hydrogen-bond donors (Lipinski definition) is 2. The third kappa shape index (κ3) is 2.62. The van der Waals surface area contributed by atoms with E-state index in [1.807, 2.05) is 31.3 Å². The third-order valence-electron chi connectivity index (χ3n) is 4.60. The first-order valence-corrected chi connectivity index (χ1v) is 8.33. The van der Waals surface area contributed by atoms with Crippen LogP contribution < -0.4 is 16.0 Å². The van der Waals surface area contributed by atoms with Gasteiger partial charge in [-0.1, -0.05) is 6.07 Å². The summed E-state index contributed by atoms with van der Waals surface area (Å²) < 4.78 is 1.78. The second-order valence-corrected chi connectivity index (χ2v) is 6.14. The van der Waals surface area contributed by atoms with Crippen molar-refractivity contribution in [2.45, 2.75) is 0 Å². The molecule has 1 saturated heterocycles. The smallest absolute Gasteiger partial charge is 0.250 e. The van der Waals surface area contributed by atoms with Gasteiger partial charge < -0.3 is 16.0 Å². The molecule has 0 radical (unpaired) electrons. The number of nitrogens with zero attached hydrogens (tertiary/aromatic N) is 4. The summed E-state index contributed by atoms with van der Waals surface area (Å²) in [6.45, 7) is 3.67. The Kier molecular flexibility index (Phi) is 3.85. The molecule has 1 aliphatic rings. The van der Waals surface area contributed by atoms with Crippen molar-refractivity contribution in [2.75, 3.05) is 31.1 Å². The van der Waals surface area contributed by atoms with Gasteiger partial charge in [0.05, 0.1) is 22.3 Å². The molecule has 0 atom stereocenters. The van der Waals surface area contributed by atoms with E-state index in [2.05, 4.69) is 20.3 Å². The van der Waals surface area contributed by atoms with Crippen LogP contribution in [0.3, 0.4) is 0 Å². The largest absolute Gasteiger partial charge is 0.368 e. The zero-order valence-corrected chi connectivity index (χ0v) is 14.1. The van der Waals surface area contributed by atoms with E-state index in [9.17, 15) is 4.79 Å². The quantitative estimate of drug-likeness (QED) is 0.749. The van der Waals surface area contributed by atoms with Crippen molar-refractivity contribution >= 4 is 22.5 Å². The number of anilines is 1. The molecule has 0 saturated carbocycles. The van der Waals surface area contributed by atoms with E-state index in [1.165, 1.54) is 0 Å². The van der Waals surface area contributed by atoms with Crippen LogP contribution in [0, 0.1) is 0 Å². The number of primary amides is 1. The van der Waals surface area contributed by atoms with E-state index in [0.29, 0.717) is 11.1 Å². The summed E-state index contributed by atoms with van der Waals surface area (Å²) in [4.78, 5) is 18.7. The Hall–Kier alpha value is -2.93. The molecule has 1 fully saturated rings. The standard InChI is InChI=1S/C18H20N6O/c1-23-17(13-4-2-3-7-21-13)15-14(24-10-8-20-9-11-24)6-5-12(18(19)25)16(15)22-23/h2-7,20H,8-11H2,1H3,(H2,19,25). The van der Waals surface area contributed by atoms with Gasteiger partial charge in [-0.05, 0) is 24.3 Å². The highest BCUT2D eigenvalue weighted by Crippen LogP contribution is 2.36. The number of nitrogens with one attached hydrogen (secondary N) is 1. The van der Waals surface area contributed by atoms with Gasteiger partial charge in [-0.2, -0.15) is 5.10 Å². The Balaban J connectivity index is 2.02. The number of aromatic nitrogens is 3. The molecule has 1 aliphatic heterocycles. The maximum Gasteiger partial charge on any atom is 0.250 e. The van der Waals surface area contributed by atoms with Gasteiger partial charge >= 0.3 is 0 Å². The lowest BCUT2D eigenvalue weighted by atomic mass is 10.0. The highest BCUT2D eigenvalue weighted by molar-refractivity contribution is 6.12. The molecule has 25 heavy (non-hydrogen) atoms. The Morgan fingerprint density at radius 2 is 2.00 bits per heavy atom. The molecule has 4 rings (SSSR count). The zero-order chi connectivity index (χ0) is 17.4. The number of benzene rings is 1. The van der Waals surface area contributed by atoms with E-state index in [1.54, 1.807) is 16.9 Å². The lowest BCUT2D eigenvalue weighted by molar-refractivity contribution is 0.100. The predicted octanol–water partition coefficient (Wildman–Crippen LogP) is 1.14. The number of nitrogens with two attached hydrogens (primary N) is 1. The fraction of sp³-hybridized carbons (Fsp3) is 0.278. The molecule has 128 valence electrons. The molecule has 3 aromatic rings. The first-order chi connectivity index (χ1) is 12.2. The Morgan fingerprint density at radius 1 is 1.20 bits per heavy atom. The molecule has 1 amide bonds. The summed E-state index contributed by atoms with van der Waals surface area (Å²) in [6.07, 6.45) is 1.76. The van der Waals surface area contributed by atoms with Gasteiger partial charge in [-0.25, -0.2) is 0 Å². The minimum absolute atomic E-state index is 0.437. The van der Waals surface area contributed by atoms with E-state index < -0.39 is 5.91 Å². The molecular formula is C18H20N6O. The minimum atomic E-state index is -0.470. The number of carbonyl (C=O) groups excluding carboxylic acids is 1. The fourth-order valence-corrected chi connectivity index (χ4v) is 3.44. The van der Waals surface area contributed by atoms with Crippen molar-refractivity contribution in [1.82, 2.24) is 20.1 Å². The number of piperazine rings is 1. The number of fused-ring (bicyclic) bond motifs is 1. The highest BCUT2D eigenvalue weighted by Gasteiger charge is 2.23. The molecule has 2 aromatic heterocycles. The maximum atomic E-state index is 11.9. The molecule has 7 nitrogen and oxygen atoms in total. The van der Waals surface area contributed by atoms with Gasteiger partial charge in [0.2, 0.25) is 0 Å². The number of aryl methyl sites for hydroxylation is 1. The lowest BCUT2D eigenvalue weighted by Crippen LogP contribution is -2.43. The van der Waals surface area contributed by atoms with Crippen molar-refractivity contribution in [3.63, 3.8) is 0 Å². The molecule has 3 heterocycles. The number of pyridine rings is 1. The van der Waals surface area contributed by atoms with E-state index in [4.69, 9.17) is 5.73 Å². The van der Waals surface area contributed by atoms with Gasteiger partial charge in [-0.3, -0.25) is 14.5 Å². The fourth-order valence-electron chi connectivity index (χ4n) is 3.44. The molecule has 0 unspecified atom stereocenters. The molecule has 1 aromatic carbocycles. The second-order valence-electron chi connectivity index (χ2n) is 6.14. The summed E-state index contributed by atoms with van der Waals surface area (Å²) in [6, 6.07) is 9.53. The first-order valence-electron chi connectivity index (χ1n) is 8.33. The summed E-state index contributed by atoms with van der Waals surface area (Å²) in [5.74, 6) is -0.470. The van der Waals surface area contributed by atoms with Crippen LogP contribution in [-0.4, -0.2) is 46.9 Å². The topological polar surface area (TPSA) is 89.1 Å². The predicted molar refractivity (Wildman–Crippen MR) is 97.5 cm³/mol. The van der Waals surface area contributed by atoms with Gasteiger partial charge in [0.25, 0.3) is 5.91 Å². The summed E-state index contributed by atoms with van der Waals surface area (Å²) in [5.41, 5.74) is 9.43. The molecule has 7 heteroatoms. The van der Waals surface area contributed by atoms with Crippen LogP contribution in [0.15, 0.2) is 36.5 Å². The summed E-state index contributed by atoms with van der Waals surface area (Å²) in [5, 5.41) is 8.89. The van der Waals surface area contributed by atoms with Crippen LogP contribution in [0.5, 0.6) is 0 Å². The van der Waals surface area contributed by atoms with Crippen molar-refractivity contribution in [3.05, 3.63) is 42.1 Å². The number of carbonyl (C=O) groups is 1. The highest BCUT2D eigenvalue weighted by atomic mass is 16.1. The van der Waals surface area contributed by atoms with Gasteiger partial charge in [0.1, 0.15) is 5.52 Å². The van der Waals surface area contributed by atoms with Crippen molar-refractivity contribution < 1.29 is 4.79 Å². The van der Waals surface area contributed by atoms with Crippen molar-refractivity contribution in [3.8, 4) is 11.4 Å². The van der Waals surface area contributed by atoms with E-state index in [0.717, 1.165) is 48.6 Å². The van der Waals surface area contributed by atoms with E-state index in [-0.39, 0.29) is 0 Å². The van der Waals surface area contributed by atoms with Crippen LogP contribution in [0.2, 0.25) is 0 Å². The normalized spacial score (nSPS) is 14.8. The average Bonchev–Trinajstić information content (AvgIpc) is 2.98. The minimum Gasteiger partial charge on any atom is -0.368 e. The Morgan fingerprint density at radius 3 is 2.68 bits per heavy atom. The van der Waals surface area contributed by atoms with E-state index >= 15 is 0 Å². The molecule has 0 aliphatic carbocycles. The number of hydrogen-bond acceptors (Lipinski definition) is 5. The monoisotopic (exact) mass is 336 g/mol. The van der Waals surface area contributed by atoms with Crippen molar-refractivity contribution in [2.24, 2.45) is 12.8 Å². The van der Waals surface area contributed by atoms with Crippen LogP contribution >= 0.6 is 0 Å². The summed E-state index contributed by atoms with van der Waals surface area (Å²) >= 11 is 0.